The summed E-state index contributed by atoms with van der Waals surface area (Å²) < 4.78 is 10.2. The summed E-state index contributed by atoms with van der Waals surface area (Å²) in [6.45, 7) is 5.18. The van der Waals surface area contributed by atoms with Gasteiger partial charge < -0.3 is 9.15 Å². The molecule has 0 aliphatic rings. The van der Waals surface area contributed by atoms with Crippen LogP contribution in [0.5, 0.6) is 0 Å². The van der Waals surface area contributed by atoms with Crippen molar-refractivity contribution in [2.75, 3.05) is 6.61 Å². The van der Waals surface area contributed by atoms with E-state index in [4.69, 9.17) is 9.15 Å². The lowest BCUT2D eigenvalue weighted by Gasteiger charge is -2.01. The van der Waals surface area contributed by atoms with Crippen LogP contribution in [0, 0.1) is 17.0 Å². The van der Waals surface area contributed by atoms with Gasteiger partial charge in [0.25, 0.3) is 5.69 Å². The van der Waals surface area contributed by atoms with Crippen LogP contribution in [0.4, 0.5) is 5.69 Å². The van der Waals surface area contributed by atoms with Gasteiger partial charge in [-0.3, -0.25) is 10.1 Å². The molecule has 1 heterocycles. The van der Waals surface area contributed by atoms with Crippen LogP contribution in [0.1, 0.15) is 16.1 Å². The quantitative estimate of drug-likeness (QED) is 0.364. The molecule has 2 rings (SSSR count). The third kappa shape index (κ3) is 3.17. The van der Waals surface area contributed by atoms with E-state index in [0.717, 1.165) is 0 Å². The predicted molar refractivity (Wildman–Crippen MR) is 76.0 cm³/mol. The van der Waals surface area contributed by atoms with Gasteiger partial charge in [-0.2, -0.15) is 0 Å². The van der Waals surface area contributed by atoms with Crippen molar-refractivity contribution in [1.82, 2.24) is 0 Å². The molecule has 21 heavy (non-hydrogen) atoms. The number of hydrogen-bond acceptors (Lipinski definition) is 5. The van der Waals surface area contributed by atoms with Crippen LogP contribution < -0.4 is 0 Å². The van der Waals surface area contributed by atoms with Crippen molar-refractivity contribution >= 4 is 11.7 Å². The van der Waals surface area contributed by atoms with Crippen LogP contribution in [-0.4, -0.2) is 17.5 Å². The molecule has 0 aliphatic carbocycles. The SMILES string of the molecule is C=CCOC(=O)c1ccc(-c2ccc(C)c([N+](=O)[O-])c2)o1. The molecule has 0 spiro atoms. The van der Waals surface area contributed by atoms with Crippen molar-refractivity contribution in [3.05, 3.63) is 64.4 Å². The van der Waals surface area contributed by atoms with Crippen molar-refractivity contribution in [2.45, 2.75) is 6.92 Å². The zero-order valence-corrected chi connectivity index (χ0v) is 11.4. The number of furan rings is 1. The smallest absolute Gasteiger partial charge is 0.374 e. The van der Waals surface area contributed by atoms with Gasteiger partial charge in [-0.15, -0.1) is 0 Å². The standard InChI is InChI=1S/C15H13NO5/c1-3-8-20-15(17)14-7-6-13(21-14)11-5-4-10(2)12(9-11)16(18)19/h3-7,9H,1,8H2,2H3. The minimum Gasteiger partial charge on any atom is -0.456 e. The number of benzene rings is 1. The molecular weight excluding hydrogens is 274 g/mol. The molecule has 6 nitrogen and oxygen atoms in total. The zero-order chi connectivity index (χ0) is 15.4. The average Bonchev–Trinajstić information content (AvgIpc) is 2.94. The second-order valence-corrected chi connectivity index (χ2v) is 4.31. The topological polar surface area (TPSA) is 82.6 Å². The van der Waals surface area contributed by atoms with E-state index < -0.39 is 10.9 Å². The Morgan fingerprint density at radius 1 is 1.43 bits per heavy atom. The maximum Gasteiger partial charge on any atom is 0.374 e. The summed E-state index contributed by atoms with van der Waals surface area (Å²) in [6.07, 6.45) is 1.45. The zero-order valence-electron chi connectivity index (χ0n) is 11.4. The number of esters is 1. The van der Waals surface area contributed by atoms with Gasteiger partial charge in [0.15, 0.2) is 0 Å². The van der Waals surface area contributed by atoms with E-state index in [1.54, 1.807) is 25.1 Å². The van der Waals surface area contributed by atoms with Gasteiger partial charge in [0.05, 0.1) is 4.92 Å². The van der Waals surface area contributed by atoms with Crippen LogP contribution in [0.15, 0.2) is 47.4 Å². The molecule has 6 heteroatoms. The molecule has 0 radical (unpaired) electrons. The van der Waals surface area contributed by atoms with E-state index in [2.05, 4.69) is 6.58 Å². The third-order valence-electron chi connectivity index (χ3n) is 2.83. The molecule has 0 unspecified atom stereocenters. The fourth-order valence-electron chi connectivity index (χ4n) is 1.77. The minimum absolute atomic E-state index is 0.000293. The maximum atomic E-state index is 11.6. The Kier molecular flexibility index (Phi) is 4.18. The van der Waals surface area contributed by atoms with Gasteiger partial charge in [0.1, 0.15) is 12.4 Å². The molecule has 0 bridgehead atoms. The second kappa shape index (κ2) is 6.04. The fourth-order valence-corrected chi connectivity index (χ4v) is 1.77. The first-order valence-corrected chi connectivity index (χ1v) is 6.16. The Balaban J connectivity index is 2.29. The summed E-state index contributed by atoms with van der Waals surface area (Å²) in [5, 5.41) is 10.9. The van der Waals surface area contributed by atoms with Crippen LogP contribution in [0.25, 0.3) is 11.3 Å². The molecule has 0 fully saturated rings. The first-order valence-electron chi connectivity index (χ1n) is 6.16. The van der Waals surface area contributed by atoms with Crippen molar-refractivity contribution in [2.24, 2.45) is 0 Å². The first kappa shape index (κ1) is 14.5. The Labute approximate surface area is 120 Å². The largest absolute Gasteiger partial charge is 0.456 e. The Hall–Kier alpha value is -2.89. The normalized spacial score (nSPS) is 10.1. The summed E-state index contributed by atoms with van der Waals surface area (Å²) in [7, 11) is 0. The summed E-state index contributed by atoms with van der Waals surface area (Å²) in [6, 6.07) is 7.77. The van der Waals surface area contributed by atoms with Crippen LogP contribution in [0.2, 0.25) is 0 Å². The highest BCUT2D eigenvalue weighted by molar-refractivity contribution is 5.87. The predicted octanol–water partition coefficient (Wildman–Crippen LogP) is 3.51. The van der Waals surface area contributed by atoms with E-state index >= 15 is 0 Å². The fraction of sp³-hybridized carbons (Fsp3) is 0.133. The Morgan fingerprint density at radius 3 is 2.86 bits per heavy atom. The lowest BCUT2D eigenvalue weighted by molar-refractivity contribution is -0.385. The number of nitro groups is 1. The molecule has 0 atom stereocenters. The molecule has 1 aromatic heterocycles. The van der Waals surface area contributed by atoms with Gasteiger partial charge in [-0.05, 0) is 19.1 Å². The number of rotatable bonds is 5. The number of ether oxygens (including phenoxy) is 1. The molecule has 0 N–H and O–H groups in total. The van der Waals surface area contributed by atoms with E-state index in [1.165, 1.54) is 18.2 Å². The Morgan fingerprint density at radius 2 is 2.19 bits per heavy atom. The number of aryl methyl sites for hydroxylation is 1. The van der Waals surface area contributed by atoms with Gasteiger partial charge in [-0.25, -0.2) is 4.79 Å². The highest BCUT2D eigenvalue weighted by atomic mass is 16.6. The minimum atomic E-state index is -0.609. The number of carbonyl (C=O) groups is 1. The summed E-state index contributed by atoms with van der Waals surface area (Å²) in [5.74, 6) is -0.207. The monoisotopic (exact) mass is 287 g/mol. The Bertz CT molecular complexity index is 702. The van der Waals surface area contributed by atoms with Gasteiger partial charge >= 0.3 is 5.97 Å². The highest BCUT2D eigenvalue weighted by Gasteiger charge is 2.16. The number of carbonyl (C=O) groups excluding carboxylic acids is 1. The van der Waals surface area contributed by atoms with Crippen LogP contribution >= 0.6 is 0 Å². The molecular formula is C15H13NO5. The van der Waals surface area contributed by atoms with Crippen molar-refractivity contribution in [3.63, 3.8) is 0 Å². The molecule has 0 saturated carbocycles. The molecule has 108 valence electrons. The molecule has 2 aromatic rings. The molecule has 0 aliphatic heterocycles. The van der Waals surface area contributed by atoms with Gasteiger partial charge in [-0.1, -0.05) is 24.8 Å². The summed E-state index contributed by atoms with van der Waals surface area (Å²) in [5.41, 5.74) is 1.08. The van der Waals surface area contributed by atoms with Crippen molar-refractivity contribution < 1.29 is 18.9 Å². The summed E-state index contributed by atoms with van der Waals surface area (Å²) >= 11 is 0. The first-order chi connectivity index (χ1) is 10.0. The van der Waals surface area contributed by atoms with Crippen LogP contribution in [0.3, 0.4) is 0 Å². The lowest BCUT2D eigenvalue weighted by atomic mass is 10.1. The van der Waals surface area contributed by atoms with E-state index in [0.29, 0.717) is 16.9 Å². The van der Waals surface area contributed by atoms with Crippen molar-refractivity contribution in [3.8, 4) is 11.3 Å². The number of nitro benzene ring substituents is 1. The number of nitrogens with zero attached hydrogens (tertiary/aromatic N) is 1. The maximum absolute atomic E-state index is 11.6. The second-order valence-electron chi connectivity index (χ2n) is 4.31. The van der Waals surface area contributed by atoms with Gasteiger partial charge in [0.2, 0.25) is 5.76 Å². The van der Waals surface area contributed by atoms with E-state index in [-0.39, 0.29) is 18.1 Å². The highest BCUT2D eigenvalue weighted by Crippen LogP contribution is 2.28. The third-order valence-corrected chi connectivity index (χ3v) is 2.83. The van der Waals surface area contributed by atoms with E-state index in [9.17, 15) is 14.9 Å². The summed E-state index contributed by atoms with van der Waals surface area (Å²) in [4.78, 5) is 22.1. The van der Waals surface area contributed by atoms with Crippen LogP contribution in [-0.2, 0) is 4.74 Å². The molecule has 0 amide bonds. The van der Waals surface area contributed by atoms with Gasteiger partial charge in [0, 0.05) is 17.2 Å². The molecule has 0 saturated heterocycles. The van der Waals surface area contributed by atoms with Crippen molar-refractivity contribution in [1.29, 1.82) is 0 Å². The lowest BCUT2D eigenvalue weighted by Crippen LogP contribution is -2.03. The number of hydrogen-bond donors (Lipinski definition) is 0. The molecule has 1 aromatic carbocycles. The van der Waals surface area contributed by atoms with E-state index in [1.807, 2.05) is 0 Å². The average molecular weight is 287 g/mol.